The van der Waals surface area contributed by atoms with Gasteiger partial charge in [-0.3, -0.25) is 9.59 Å². The van der Waals surface area contributed by atoms with Crippen molar-refractivity contribution >= 4 is 24.2 Å². The van der Waals surface area contributed by atoms with Gasteiger partial charge in [-0.1, -0.05) is 17.7 Å². The zero-order valence-electron chi connectivity index (χ0n) is 15.3. The molecule has 2 aliphatic rings. The molecule has 0 atom stereocenters. The van der Waals surface area contributed by atoms with E-state index in [1.165, 1.54) is 0 Å². The minimum absolute atomic E-state index is 0. The topological polar surface area (TPSA) is 75.9 Å². The van der Waals surface area contributed by atoms with Gasteiger partial charge in [0.25, 0.3) is 5.91 Å². The maximum Gasteiger partial charge on any atom is 0.253 e. The van der Waals surface area contributed by atoms with Crippen LogP contribution in [0, 0.1) is 12.3 Å². The summed E-state index contributed by atoms with van der Waals surface area (Å²) in [6, 6.07) is 7.62. The van der Waals surface area contributed by atoms with E-state index in [1.54, 1.807) is 0 Å². The first-order chi connectivity index (χ1) is 12.1. The fourth-order valence-corrected chi connectivity index (χ4v) is 3.59. The van der Waals surface area contributed by atoms with Crippen molar-refractivity contribution in [2.45, 2.75) is 19.8 Å². The van der Waals surface area contributed by atoms with Gasteiger partial charge < -0.3 is 20.3 Å². The first-order valence-electron chi connectivity index (χ1n) is 8.99. The highest BCUT2D eigenvalue weighted by Gasteiger charge is 2.42. The number of piperazine rings is 1. The third kappa shape index (κ3) is 4.19. The predicted octanol–water partition coefficient (Wildman–Crippen LogP) is 1.46. The standard InChI is InChI=1S/C19H27N3O3.ClH/c1-15-2-4-16(5-3-15)17(23)21-8-10-22(11-9-21)18(24)19(14-20)6-12-25-13-7-19;/h2-5H,6-14,20H2,1H3;1H. The Labute approximate surface area is 161 Å². The molecule has 2 amide bonds. The lowest BCUT2D eigenvalue weighted by atomic mass is 9.78. The Morgan fingerprint density at radius 1 is 1.04 bits per heavy atom. The molecule has 0 aliphatic carbocycles. The Kier molecular flexibility index (Phi) is 7.03. The number of nitrogens with two attached hydrogens (primary N) is 1. The number of carbonyl (C=O) groups is 2. The summed E-state index contributed by atoms with van der Waals surface area (Å²) in [7, 11) is 0. The zero-order valence-corrected chi connectivity index (χ0v) is 16.1. The average Bonchev–Trinajstić information content (AvgIpc) is 2.68. The van der Waals surface area contributed by atoms with Crippen LogP contribution in [0.3, 0.4) is 0 Å². The Morgan fingerprint density at radius 3 is 2.12 bits per heavy atom. The van der Waals surface area contributed by atoms with Gasteiger partial charge in [-0.25, -0.2) is 0 Å². The molecule has 1 aromatic carbocycles. The Morgan fingerprint density at radius 2 is 1.58 bits per heavy atom. The fourth-order valence-electron chi connectivity index (χ4n) is 3.59. The van der Waals surface area contributed by atoms with Crippen LogP contribution in [0.4, 0.5) is 0 Å². The van der Waals surface area contributed by atoms with Gasteiger partial charge in [-0.2, -0.15) is 0 Å². The second-order valence-electron chi connectivity index (χ2n) is 7.05. The summed E-state index contributed by atoms with van der Waals surface area (Å²) in [5.41, 5.74) is 7.29. The number of aryl methyl sites for hydroxylation is 1. The Balaban J connectivity index is 0.00000243. The van der Waals surface area contributed by atoms with Crippen LogP contribution in [0.1, 0.15) is 28.8 Å². The summed E-state index contributed by atoms with van der Waals surface area (Å²) in [5.74, 6) is 0.160. The molecule has 0 bridgehead atoms. The van der Waals surface area contributed by atoms with Gasteiger partial charge >= 0.3 is 0 Å². The summed E-state index contributed by atoms with van der Waals surface area (Å²) >= 11 is 0. The highest BCUT2D eigenvalue weighted by molar-refractivity contribution is 5.94. The first kappa shape index (κ1) is 20.7. The quantitative estimate of drug-likeness (QED) is 0.859. The highest BCUT2D eigenvalue weighted by Crippen LogP contribution is 2.32. The number of nitrogens with zero attached hydrogens (tertiary/aromatic N) is 2. The first-order valence-corrected chi connectivity index (χ1v) is 8.99. The van der Waals surface area contributed by atoms with Crippen molar-refractivity contribution in [3.63, 3.8) is 0 Å². The summed E-state index contributed by atoms with van der Waals surface area (Å²) < 4.78 is 5.39. The van der Waals surface area contributed by atoms with Crippen molar-refractivity contribution in [2.24, 2.45) is 11.1 Å². The number of rotatable bonds is 3. The van der Waals surface area contributed by atoms with E-state index in [-0.39, 0.29) is 24.2 Å². The van der Waals surface area contributed by atoms with Crippen molar-refractivity contribution in [3.8, 4) is 0 Å². The smallest absolute Gasteiger partial charge is 0.253 e. The molecular weight excluding hydrogens is 354 g/mol. The molecule has 0 spiro atoms. The molecule has 2 N–H and O–H groups in total. The molecule has 26 heavy (non-hydrogen) atoms. The van der Waals surface area contributed by atoms with E-state index in [1.807, 2.05) is 41.0 Å². The molecule has 2 saturated heterocycles. The van der Waals surface area contributed by atoms with E-state index in [0.29, 0.717) is 64.3 Å². The van der Waals surface area contributed by atoms with Gasteiger partial charge in [0.2, 0.25) is 5.91 Å². The molecule has 1 aromatic rings. The normalized spacial score (nSPS) is 19.6. The molecule has 0 saturated carbocycles. The second-order valence-corrected chi connectivity index (χ2v) is 7.05. The summed E-state index contributed by atoms with van der Waals surface area (Å²) in [5, 5.41) is 0. The molecule has 3 rings (SSSR count). The molecule has 0 unspecified atom stereocenters. The van der Waals surface area contributed by atoms with E-state index < -0.39 is 5.41 Å². The van der Waals surface area contributed by atoms with E-state index in [2.05, 4.69) is 0 Å². The molecule has 0 aromatic heterocycles. The maximum absolute atomic E-state index is 13.0. The summed E-state index contributed by atoms with van der Waals surface area (Å²) in [4.78, 5) is 29.3. The molecule has 7 heteroatoms. The molecule has 6 nitrogen and oxygen atoms in total. The van der Waals surface area contributed by atoms with Crippen LogP contribution in [0.15, 0.2) is 24.3 Å². The number of amides is 2. The number of halogens is 1. The van der Waals surface area contributed by atoms with Gasteiger partial charge in [-0.05, 0) is 31.9 Å². The number of ether oxygens (including phenoxy) is 1. The Bertz CT molecular complexity index is 621. The lowest BCUT2D eigenvalue weighted by molar-refractivity contribution is -0.148. The molecule has 144 valence electrons. The second kappa shape index (κ2) is 8.84. The largest absolute Gasteiger partial charge is 0.381 e. The molecule has 2 heterocycles. The van der Waals surface area contributed by atoms with Crippen LogP contribution in [0.5, 0.6) is 0 Å². The van der Waals surface area contributed by atoms with Crippen LogP contribution < -0.4 is 5.73 Å². The number of carbonyl (C=O) groups excluding carboxylic acids is 2. The third-order valence-electron chi connectivity index (χ3n) is 5.45. The minimum Gasteiger partial charge on any atom is -0.381 e. The number of benzene rings is 1. The lowest BCUT2D eigenvalue weighted by Gasteiger charge is -2.42. The average molecular weight is 382 g/mol. The van der Waals surface area contributed by atoms with Crippen LogP contribution in [-0.4, -0.2) is 67.6 Å². The van der Waals surface area contributed by atoms with E-state index in [9.17, 15) is 9.59 Å². The monoisotopic (exact) mass is 381 g/mol. The summed E-state index contributed by atoms with van der Waals surface area (Å²) in [6.07, 6.45) is 1.37. The van der Waals surface area contributed by atoms with Crippen LogP contribution >= 0.6 is 12.4 Å². The number of hydrogen-bond donors (Lipinski definition) is 1. The SMILES string of the molecule is Cc1ccc(C(=O)N2CCN(C(=O)C3(CN)CCOCC3)CC2)cc1.Cl. The van der Waals surface area contributed by atoms with Crippen LogP contribution in [-0.2, 0) is 9.53 Å². The number of hydrogen-bond acceptors (Lipinski definition) is 4. The van der Waals surface area contributed by atoms with Crippen molar-refractivity contribution < 1.29 is 14.3 Å². The highest BCUT2D eigenvalue weighted by atomic mass is 35.5. The third-order valence-corrected chi connectivity index (χ3v) is 5.45. The van der Waals surface area contributed by atoms with Crippen LogP contribution in [0.2, 0.25) is 0 Å². The molecule has 2 fully saturated rings. The van der Waals surface area contributed by atoms with Crippen LogP contribution in [0.25, 0.3) is 0 Å². The minimum atomic E-state index is -0.485. The fraction of sp³-hybridized carbons (Fsp3) is 0.579. The van der Waals surface area contributed by atoms with E-state index in [0.717, 1.165) is 5.56 Å². The van der Waals surface area contributed by atoms with Gasteiger partial charge in [0.15, 0.2) is 0 Å². The van der Waals surface area contributed by atoms with Gasteiger partial charge in [0.05, 0.1) is 5.41 Å². The summed E-state index contributed by atoms with van der Waals surface area (Å²) in [6.45, 7) is 5.81. The van der Waals surface area contributed by atoms with Gasteiger partial charge in [0.1, 0.15) is 0 Å². The van der Waals surface area contributed by atoms with E-state index in [4.69, 9.17) is 10.5 Å². The van der Waals surface area contributed by atoms with E-state index >= 15 is 0 Å². The predicted molar refractivity (Wildman–Crippen MR) is 102 cm³/mol. The van der Waals surface area contributed by atoms with Crippen molar-refractivity contribution in [1.29, 1.82) is 0 Å². The van der Waals surface area contributed by atoms with Gasteiger partial charge in [0, 0.05) is 51.5 Å². The van der Waals surface area contributed by atoms with Crippen molar-refractivity contribution in [2.75, 3.05) is 45.9 Å². The van der Waals surface area contributed by atoms with Gasteiger partial charge in [-0.15, -0.1) is 12.4 Å². The molecule has 2 aliphatic heterocycles. The molecule has 0 radical (unpaired) electrons. The molecular formula is C19H28ClN3O3. The van der Waals surface area contributed by atoms with Crippen molar-refractivity contribution in [1.82, 2.24) is 9.80 Å². The lowest BCUT2D eigenvalue weighted by Crippen LogP contribution is -2.57. The zero-order chi connectivity index (χ0) is 17.9. The van der Waals surface area contributed by atoms with Crippen molar-refractivity contribution in [3.05, 3.63) is 35.4 Å². The maximum atomic E-state index is 13.0. The Hall–Kier alpha value is -1.63.